The van der Waals surface area contributed by atoms with Crippen molar-refractivity contribution < 1.29 is 28.5 Å². The summed E-state index contributed by atoms with van der Waals surface area (Å²) in [6, 6.07) is 19.5. The molecule has 0 saturated carbocycles. The summed E-state index contributed by atoms with van der Waals surface area (Å²) in [6.07, 6.45) is 19.2. The molecule has 1 amide bonds. The fourth-order valence-electron chi connectivity index (χ4n) is 6.27. The molecule has 0 bridgehead atoms. The van der Waals surface area contributed by atoms with Crippen LogP contribution in [-0.2, 0) is 14.3 Å². The minimum atomic E-state index is -0.564. The molecule has 9 heteroatoms. The number of hydrogen-bond acceptors (Lipinski definition) is 7. The number of hydrogen-bond donors (Lipinski definition) is 2. The lowest BCUT2D eigenvalue weighted by Crippen LogP contribution is -2.22. The number of imidazole rings is 1. The van der Waals surface area contributed by atoms with Gasteiger partial charge in [0.25, 0.3) is 0 Å². The van der Waals surface area contributed by atoms with E-state index in [1.54, 1.807) is 33.5 Å². The molecule has 0 spiro atoms. The molecular weight excluding hydrogens is 691 g/mol. The van der Waals surface area contributed by atoms with Gasteiger partial charge < -0.3 is 29.2 Å². The molecule has 0 radical (unpaired) electrons. The maximum atomic E-state index is 12.5. The van der Waals surface area contributed by atoms with Gasteiger partial charge in [0, 0.05) is 29.8 Å². The Bertz CT molecular complexity index is 1870. The van der Waals surface area contributed by atoms with E-state index >= 15 is 0 Å². The number of carbonyl (C=O) groups is 2. The number of aromatic amines is 1. The number of aromatic nitrogens is 2. The Morgan fingerprint density at radius 3 is 1.82 bits per heavy atom. The first-order valence-corrected chi connectivity index (χ1v) is 19.5. The van der Waals surface area contributed by atoms with E-state index in [1.807, 2.05) is 87.5 Å². The third kappa shape index (κ3) is 13.2. The second-order valence-electron chi connectivity index (χ2n) is 14.6. The maximum Gasteiger partial charge on any atom is 0.331 e. The van der Waals surface area contributed by atoms with E-state index in [9.17, 15) is 9.59 Å². The molecule has 0 aliphatic rings. The molecule has 0 unspecified atom stereocenters. The lowest BCUT2D eigenvalue weighted by atomic mass is 10.0. The van der Waals surface area contributed by atoms with Crippen LogP contribution in [0, 0.1) is 0 Å². The number of nitrogens with one attached hydrogen (secondary N) is 2. The molecule has 1 aromatic heterocycles. The van der Waals surface area contributed by atoms with Crippen molar-refractivity contribution in [1.29, 1.82) is 0 Å². The van der Waals surface area contributed by atoms with Crippen LogP contribution in [0.1, 0.15) is 103 Å². The van der Waals surface area contributed by atoms with Crippen LogP contribution in [0.2, 0.25) is 0 Å². The van der Waals surface area contributed by atoms with E-state index in [2.05, 4.69) is 17.2 Å². The van der Waals surface area contributed by atoms with Gasteiger partial charge in [-0.2, -0.15) is 0 Å². The molecular formula is C46H59N3O6. The van der Waals surface area contributed by atoms with Gasteiger partial charge in [-0.15, -0.1) is 0 Å². The van der Waals surface area contributed by atoms with E-state index in [4.69, 9.17) is 23.9 Å². The standard InChI is InChI=1S/C46H59N3O6/c1-8-9-10-11-12-13-14-15-16-17-32-47-39(50)30-22-33-18-24-35(25-19-33)41-42(36-26-20-34(21-27-36)23-31-40(51)55-46(2,3)4)49-45(48-41)37-28-29-38(52-5)44(54-7)43(37)53-6/h18-31H,8-17,32H2,1-7H3,(H,47,50)(H,48,49). The SMILES string of the molecule is CCCCCCCCCCCCNC(=O)C=Cc1ccc(-c2[nH]c(-c3ccc(OC)c(OC)c3OC)nc2-c2ccc(C=CC(=O)OC(C)(C)C)cc2)cc1. The number of carbonyl (C=O) groups excluding carboxylic acids is 2. The Morgan fingerprint density at radius 1 is 0.691 bits per heavy atom. The maximum absolute atomic E-state index is 12.5. The molecule has 0 atom stereocenters. The second-order valence-corrected chi connectivity index (χ2v) is 14.6. The zero-order valence-corrected chi connectivity index (χ0v) is 33.8. The number of amides is 1. The summed E-state index contributed by atoms with van der Waals surface area (Å²) in [5.41, 5.74) is 5.19. The molecule has 0 aliphatic carbocycles. The van der Waals surface area contributed by atoms with Crippen molar-refractivity contribution in [2.45, 2.75) is 97.5 Å². The molecule has 0 fully saturated rings. The highest BCUT2D eigenvalue weighted by Gasteiger charge is 2.22. The Labute approximate surface area is 327 Å². The van der Waals surface area contributed by atoms with Gasteiger partial charge in [-0.25, -0.2) is 9.78 Å². The van der Waals surface area contributed by atoms with Crippen LogP contribution in [0.3, 0.4) is 0 Å². The second kappa shape index (κ2) is 21.5. The normalized spacial score (nSPS) is 11.6. The summed E-state index contributed by atoms with van der Waals surface area (Å²) in [4.78, 5) is 33.4. The number of unbranched alkanes of at least 4 members (excludes halogenated alkanes) is 9. The molecule has 1 heterocycles. The first-order chi connectivity index (χ1) is 26.6. The third-order valence-electron chi connectivity index (χ3n) is 9.12. The van der Waals surface area contributed by atoms with Crippen LogP contribution < -0.4 is 19.5 Å². The van der Waals surface area contributed by atoms with Gasteiger partial charge in [-0.1, -0.05) is 113 Å². The summed E-state index contributed by atoms with van der Waals surface area (Å²) < 4.78 is 22.3. The van der Waals surface area contributed by atoms with E-state index in [0.717, 1.165) is 46.5 Å². The fourth-order valence-corrected chi connectivity index (χ4v) is 6.27. The molecule has 4 rings (SSSR count). The summed E-state index contributed by atoms with van der Waals surface area (Å²) in [6.45, 7) is 8.45. The molecule has 9 nitrogen and oxygen atoms in total. The predicted octanol–water partition coefficient (Wildman–Crippen LogP) is 10.8. The Morgan fingerprint density at radius 2 is 1.25 bits per heavy atom. The average molecular weight is 750 g/mol. The molecule has 0 aliphatic heterocycles. The van der Waals surface area contributed by atoms with Gasteiger partial charge in [-0.3, -0.25) is 4.79 Å². The van der Waals surface area contributed by atoms with Crippen LogP contribution >= 0.6 is 0 Å². The molecule has 2 N–H and O–H groups in total. The number of methoxy groups -OCH3 is 3. The lowest BCUT2D eigenvalue weighted by Gasteiger charge is -2.17. The summed E-state index contributed by atoms with van der Waals surface area (Å²) >= 11 is 0. The van der Waals surface area contributed by atoms with E-state index in [1.165, 1.54) is 57.4 Å². The third-order valence-corrected chi connectivity index (χ3v) is 9.12. The zero-order valence-electron chi connectivity index (χ0n) is 33.8. The quantitative estimate of drug-likeness (QED) is 0.0495. The average Bonchev–Trinajstić information content (AvgIpc) is 3.62. The number of nitrogens with zero attached hydrogens (tertiary/aromatic N) is 1. The largest absolute Gasteiger partial charge is 0.493 e. The van der Waals surface area contributed by atoms with Crippen molar-refractivity contribution in [2.24, 2.45) is 0 Å². The number of benzene rings is 3. The van der Waals surface area contributed by atoms with Gasteiger partial charge in [0.2, 0.25) is 11.7 Å². The zero-order chi connectivity index (χ0) is 39.6. The first kappa shape index (κ1) is 42.4. The Kier molecular flexibility index (Phi) is 16.6. The van der Waals surface area contributed by atoms with Gasteiger partial charge >= 0.3 is 5.97 Å². The highest BCUT2D eigenvalue weighted by molar-refractivity contribution is 5.92. The predicted molar refractivity (Wildman–Crippen MR) is 223 cm³/mol. The molecule has 0 saturated heterocycles. The molecule has 55 heavy (non-hydrogen) atoms. The highest BCUT2D eigenvalue weighted by atomic mass is 16.6. The van der Waals surface area contributed by atoms with Gasteiger partial charge in [0.1, 0.15) is 11.4 Å². The van der Waals surface area contributed by atoms with Crippen LogP contribution in [0.25, 0.3) is 46.1 Å². The van der Waals surface area contributed by atoms with Crippen molar-refractivity contribution in [1.82, 2.24) is 15.3 Å². The van der Waals surface area contributed by atoms with Crippen LogP contribution in [0.15, 0.2) is 72.8 Å². The van der Waals surface area contributed by atoms with E-state index < -0.39 is 11.6 Å². The monoisotopic (exact) mass is 749 g/mol. The van der Waals surface area contributed by atoms with Crippen molar-refractivity contribution in [3.63, 3.8) is 0 Å². The smallest absolute Gasteiger partial charge is 0.331 e. The fraction of sp³-hybridized carbons (Fsp3) is 0.413. The molecule has 294 valence electrons. The van der Waals surface area contributed by atoms with Crippen molar-refractivity contribution in [3.05, 3.63) is 83.9 Å². The number of ether oxygens (including phenoxy) is 4. The lowest BCUT2D eigenvalue weighted by molar-refractivity contribution is -0.148. The van der Waals surface area contributed by atoms with Gasteiger partial charge in [0.05, 0.1) is 38.3 Å². The summed E-state index contributed by atoms with van der Waals surface area (Å²) in [5.74, 6) is 1.59. The number of rotatable bonds is 21. The minimum Gasteiger partial charge on any atom is -0.493 e. The first-order valence-electron chi connectivity index (χ1n) is 19.5. The van der Waals surface area contributed by atoms with Crippen molar-refractivity contribution >= 4 is 24.0 Å². The van der Waals surface area contributed by atoms with Gasteiger partial charge in [0.15, 0.2) is 11.5 Å². The number of esters is 1. The van der Waals surface area contributed by atoms with Crippen molar-refractivity contribution in [2.75, 3.05) is 27.9 Å². The van der Waals surface area contributed by atoms with E-state index in [0.29, 0.717) is 35.2 Å². The van der Waals surface area contributed by atoms with E-state index in [-0.39, 0.29) is 5.91 Å². The Balaban J connectivity index is 1.49. The van der Waals surface area contributed by atoms with Crippen LogP contribution in [0.5, 0.6) is 17.2 Å². The van der Waals surface area contributed by atoms with Gasteiger partial charge in [-0.05, 0) is 62.6 Å². The highest BCUT2D eigenvalue weighted by Crippen LogP contribution is 2.45. The number of H-pyrrole nitrogens is 1. The molecule has 4 aromatic rings. The summed E-state index contributed by atoms with van der Waals surface area (Å²) in [5, 5.41) is 3.02. The Hall–Kier alpha value is -5.31. The molecule has 3 aromatic carbocycles. The summed E-state index contributed by atoms with van der Waals surface area (Å²) in [7, 11) is 4.73. The minimum absolute atomic E-state index is 0.0891. The van der Waals surface area contributed by atoms with Crippen LogP contribution in [-0.4, -0.2) is 55.3 Å². The van der Waals surface area contributed by atoms with Crippen LogP contribution in [0.4, 0.5) is 0 Å². The topological polar surface area (TPSA) is 112 Å². The van der Waals surface area contributed by atoms with Crippen molar-refractivity contribution in [3.8, 4) is 51.2 Å².